The van der Waals surface area contributed by atoms with Crippen LogP contribution in [0.15, 0.2) is 24.8 Å². The molecule has 3 heteroatoms. The quantitative estimate of drug-likeness (QED) is 0.490. The first-order valence-corrected chi connectivity index (χ1v) is 3.58. The van der Waals surface area contributed by atoms with Crippen molar-refractivity contribution in [1.82, 2.24) is 0 Å². The third-order valence-electron chi connectivity index (χ3n) is 1.91. The lowest BCUT2D eigenvalue weighted by Gasteiger charge is -2.29. The largest absolute Gasteiger partial charge is 0.504 e. The molecule has 0 spiro atoms. The number of benzene rings is 1. The molecule has 1 aromatic carbocycles. The maximum atomic E-state index is 9.24. The molecule has 0 radical (unpaired) electrons. The van der Waals surface area contributed by atoms with E-state index >= 15 is 0 Å². The zero-order valence-electron chi connectivity index (χ0n) is 6.32. The summed E-state index contributed by atoms with van der Waals surface area (Å²) in [5.41, 5.74) is 0.861. The van der Waals surface area contributed by atoms with Crippen LogP contribution in [0.2, 0.25) is 0 Å². The third-order valence-corrected chi connectivity index (χ3v) is 1.91. The molecule has 12 heavy (non-hydrogen) atoms. The molecule has 2 N–H and O–H groups in total. The van der Waals surface area contributed by atoms with Crippen LogP contribution >= 0.6 is 0 Å². The minimum Gasteiger partial charge on any atom is -0.504 e. The van der Waals surface area contributed by atoms with Gasteiger partial charge in [-0.3, -0.25) is 0 Å². The second kappa shape index (κ2) is 2.17. The van der Waals surface area contributed by atoms with E-state index in [1.54, 1.807) is 12.1 Å². The number of hydrogen-bond acceptors (Lipinski definition) is 3. The summed E-state index contributed by atoms with van der Waals surface area (Å²) in [4.78, 5) is 0. The van der Waals surface area contributed by atoms with Gasteiger partial charge in [-0.15, -0.1) is 0 Å². The van der Waals surface area contributed by atoms with Crippen molar-refractivity contribution < 1.29 is 14.9 Å². The van der Waals surface area contributed by atoms with Crippen LogP contribution in [0.25, 0.3) is 0 Å². The topological polar surface area (TPSA) is 49.7 Å². The van der Waals surface area contributed by atoms with Gasteiger partial charge in [0, 0.05) is 5.56 Å². The van der Waals surface area contributed by atoms with Crippen LogP contribution in [-0.2, 0) is 0 Å². The number of ether oxygens (including phenoxy) is 1. The Morgan fingerprint density at radius 1 is 1.42 bits per heavy atom. The third kappa shape index (κ3) is 0.704. The second-order valence-corrected chi connectivity index (χ2v) is 2.63. The molecule has 0 fully saturated rings. The van der Waals surface area contributed by atoms with Gasteiger partial charge in [-0.25, -0.2) is 0 Å². The molecule has 1 aromatic rings. The Bertz CT molecular complexity index is 344. The van der Waals surface area contributed by atoms with Crippen LogP contribution in [0.5, 0.6) is 17.2 Å². The van der Waals surface area contributed by atoms with Crippen molar-refractivity contribution in [2.45, 2.75) is 6.10 Å². The number of aromatic hydroxyl groups is 2. The fourth-order valence-electron chi connectivity index (χ4n) is 1.23. The number of phenols is 2. The predicted molar refractivity (Wildman–Crippen MR) is 43.3 cm³/mol. The lowest BCUT2D eigenvalue weighted by atomic mass is 10.0. The summed E-state index contributed by atoms with van der Waals surface area (Å²) in [6, 6.07) is 3.15. The Labute approximate surface area is 69.5 Å². The molecule has 1 aliphatic heterocycles. The van der Waals surface area contributed by atoms with Crippen LogP contribution in [0.4, 0.5) is 0 Å². The number of rotatable bonds is 1. The van der Waals surface area contributed by atoms with Crippen LogP contribution in [0.3, 0.4) is 0 Å². The van der Waals surface area contributed by atoms with Crippen LogP contribution in [0, 0.1) is 0 Å². The van der Waals surface area contributed by atoms with Crippen molar-refractivity contribution in [3.05, 3.63) is 30.4 Å². The lowest BCUT2D eigenvalue weighted by Crippen LogP contribution is -2.16. The van der Waals surface area contributed by atoms with Gasteiger partial charge in [0.15, 0.2) is 11.5 Å². The summed E-state index contributed by atoms with van der Waals surface area (Å²) in [5, 5.41) is 18.3. The van der Waals surface area contributed by atoms with E-state index in [1.165, 1.54) is 6.07 Å². The van der Waals surface area contributed by atoms with E-state index in [9.17, 15) is 5.11 Å². The minimum absolute atomic E-state index is 0.147. The van der Waals surface area contributed by atoms with E-state index in [-0.39, 0.29) is 17.6 Å². The van der Waals surface area contributed by atoms with Crippen molar-refractivity contribution >= 4 is 0 Å². The van der Waals surface area contributed by atoms with Crippen molar-refractivity contribution in [3.63, 3.8) is 0 Å². The van der Waals surface area contributed by atoms with Crippen molar-refractivity contribution in [2.75, 3.05) is 0 Å². The highest BCUT2D eigenvalue weighted by Crippen LogP contribution is 2.49. The van der Waals surface area contributed by atoms with Gasteiger partial charge in [0.2, 0.25) is 5.75 Å². The van der Waals surface area contributed by atoms with Gasteiger partial charge in [-0.1, -0.05) is 6.58 Å². The Hall–Kier alpha value is -1.64. The monoisotopic (exact) mass is 164 g/mol. The molecule has 62 valence electrons. The molecule has 1 heterocycles. The summed E-state index contributed by atoms with van der Waals surface area (Å²) in [5.74, 6) is 0.0155. The van der Waals surface area contributed by atoms with Gasteiger partial charge < -0.3 is 14.9 Å². The molecule has 0 saturated heterocycles. The highest BCUT2D eigenvalue weighted by molar-refractivity contribution is 5.59. The Morgan fingerprint density at radius 3 is 2.83 bits per heavy atom. The zero-order valence-corrected chi connectivity index (χ0v) is 6.32. The van der Waals surface area contributed by atoms with Crippen LogP contribution in [0.1, 0.15) is 11.7 Å². The molecule has 0 aromatic heterocycles. The second-order valence-electron chi connectivity index (χ2n) is 2.63. The summed E-state index contributed by atoms with van der Waals surface area (Å²) in [6.45, 7) is 3.56. The fourth-order valence-corrected chi connectivity index (χ4v) is 1.23. The minimum atomic E-state index is -0.189. The molecule has 1 unspecified atom stereocenters. The van der Waals surface area contributed by atoms with Gasteiger partial charge in [0.1, 0.15) is 6.10 Å². The van der Waals surface area contributed by atoms with E-state index in [2.05, 4.69) is 6.58 Å². The molecule has 1 atom stereocenters. The summed E-state index contributed by atoms with van der Waals surface area (Å²) < 4.78 is 5.12. The van der Waals surface area contributed by atoms with Gasteiger partial charge in [-0.05, 0) is 18.2 Å². The Balaban J connectivity index is 2.51. The van der Waals surface area contributed by atoms with Gasteiger partial charge in [0.25, 0.3) is 0 Å². The Kier molecular flexibility index (Phi) is 1.27. The molecular formula is C9H8O3. The van der Waals surface area contributed by atoms with E-state index in [1.807, 2.05) is 0 Å². The number of fused-ring (bicyclic) bond motifs is 1. The standard InChI is InChI=1S/C9H8O3/c1-2-7-5-3-4-6(10)8(11)9(5)12-7/h2-4,7,10-11H,1H2. The molecule has 3 nitrogen and oxygen atoms in total. The highest BCUT2D eigenvalue weighted by Gasteiger charge is 2.29. The maximum absolute atomic E-state index is 9.24. The summed E-state index contributed by atoms with van der Waals surface area (Å²) in [7, 11) is 0. The molecular weight excluding hydrogens is 156 g/mol. The molecule has 1 aliphatic rings. The molecule has 0 saturated carbocycles. The lowest BCUT2D eigenvalue weighted by molar-refractivity contribution is 0.180. The number of phenolic OH excluding ortho intramolecular Hbond substituents is 2. The first-order valence-electron chi connectivity index (χ1n) is 3.58. The normalized spacial score (nSPS) is 18.8. The SMILES string of the molecule is C=CC1Oc2c1ccc(O)c2O. The smallest absolute Gasteiger partial charge is 0.201 e. The summed E-state index contributed by atoms with van der Waals surface area (Å²) >= 11 is 0. The summed E-state index contributed by atoms with van der Waals surface area (Å²) in [6.07, 6.45) is 1.49. The molecule has 0 bridgehead atoms. The fraction of sp³-hybridized carbons (Fsp3) is 0.111. The Morgan fingerprint density at radius 2 is 2.17 bits per heavy atom. The van der Waals surface area contributed by atoms with Crippen molar-refractivity contribution in [2.24, 2.45) is 0 Å². The average Bonchev–Trinajstić information content (AvgIpc) is 2.01. The van der Waals surface area contributed by atoms with E-state index in [0.29, 0.717) is 5.75 Å². The van der Waals surface area contributed by atoms with Crippen LogP contribution in [-0.4, -0.2) is 10.2 Å². The number of hydrogen-bond donors (Lipinski definition) is 2. The van der Waals surface area contributed by atoms with Crippen LogP contribution < -0.4 is 4.74 Å². The molecule has 2 rings (SSSR count). The molecule has 0 amide bonds. The van der Waals surface area contributed by atoms with Crippen molar-refractivity contribution in [1.29, 1.82) is 0 Å². The van der Waals surface area contributed by atoms with E-state index in [0.717, 1.165) is 5.56 Å². The highest BCUT2D eigenvalue weighted by atomic mass is 16.5. The van der Waals surface area contributed by atoms with Gasteiger partial charge in [0.05, 0.1) is 0 Å². The van der Waals surface area contributed by atoms with Crippen molar-refractivity contribution in [3.8, 4) is 17.2 Å². The molecule has 0 aliphatic carbocycles. The van der Waals surface area contributed by atoms with E-state index in [4.69, 9.17) is 9.84 Å². The van der Waals surface area contributed by atoms with Gasteiger partial charge >= 0.3 is 0 Å². The predicted octanol–water partition coefficient (Wildman–Crippen LogP) is 1.72. The average molecular weight is 164 g/mol. The first kappa shape index (κ1) is 7.03. The van der Waals surface area contributed by atoms with Gasteiger partial charge in [-0.2, -0.15) is 0 Å². The maximum Gasteiger partial charge on any atom is 0.201 e. The van der Waals surface area contributed by atoms with E-state index < -0.39 is 0 Å². The first-order chi connectivity index (χ1) is 5.74. The zero-order chi connectivity index (χ0) is 8.72.